The van der Waals surface area contributed by atoms with E-state index in [2.05, 4.69) is 15.2 Å². The van der Waals surface area contributed by atoms with Gasteiger partial charge in [0.15, 0.2) is 0 Å². The molecule has 2 N–H and O–H groups in total. The molecule has 2 heterocycles. The van der Waals surface area contributed by atoms with Gasteiger partial charge in [0.05, 0.1) is 12.2 Å². The van der Waals surface area contributed by atoms with Gasteiger partial charge in [-0.25, -0.2) is 0 Å². The van der Waals surface area contributed by atoms with Crippen LogP contribution in [0.2, 0.25) is 0 Å². The van der Waals surface area contributed by atoms with Crippen LogP contribution in [0, 0.1) is 23.7 Å². The number of ether oxygens (including phenoxy) is 2. The molecular formula is C27H37F2N3O5. The second-order valence-electron chi connectivity index (χ2n) is 11.5. The van der Waals surface area contributed by atoms with Crippen molar-refractivity contribution in [1.82, 2.24) is 10.3 Å². The molecule has 4 saturated carbocycles. The fourth-order valence-electron chi connectivity index (χ4n) is 7.52. The first-order chi connectivity index (χ1) is 17.7. The molecule has 4 aliphatic carbocycles. The molecular weight excluding hydrogens is 484 g/mol. The highest BCUT2D eigenvalue weighted by atomic mass is 19.3. The Labute approximate surface area is 216 Å². The van der Waals surface area contributed by atoms with Gasteiger partial charge in [-0.2, -0.15) is 13.8 Å². The molecule has 5 fully saturated rings. The number of carbonyl (C=O) groups excluding carboxylic acids is 1. The van der Waals surface area contributed by atoms with E-state index in [1.54, 1.807) is 12.1 Å². The number of aromatic nitrogens is 1. The Morgan fingerprint density at radius 3 is 2.68 bits per heavy atom. The second-order valence-corrected chi connectivity index (χ2v) is 11.5. The van der Waals surface area contributed by atoms with E-state index in [4.69, 9.17) is 9.47 Å². The molecule has 1 amide bonds. The minimum Gasteiger partial charge on any atom is -0.481 e. The van der Waals surface area contributed by atoms with E-state index < -0.39 is 18.2 Å². The van der Waals surface area contributed by atoms with Crippen molar-refractivity contribution in [1.29, 1.82) is 0 Å². The van der Waals surface area contributed by atoms with Gasteiger partial charge in [0.2, 0.25) is 5.88 Å². The lowest BCUT2D eigenvalue weighted by atomic mass is 9.52. The molecule has 4 bridgehead atoms. The van der Waals surface area contributed by atoms with Gasteiger partial charge in [0, 0.05) is 25.6 Å². The van der Waals surface area contributed by atoms with Crippen LogP contribution in [-0.2, 0) is 9.53 Å². The predicted octanol–water partition coefficient (Wildman–Crippen LogP) is 4.48. The van der Waals surface area contributed by atoms with Gasteiger partial charge < -0.3 is 24.8 Å². The number of carboxylic acid groups (broad SMARTS) is 1. The van der Waals surface area contributed by atoms with Crippen molar-refractivity contribution >= 4 is 17.7 Å². The Morgan fingerprint density at radius 2 is 2.00 bits per heavy atom. The zero-order chi connectivity index (χ0) is 26.2. The number of carboxylic acids is 1. The molecule has 5 aliphatic rings. The summed E-state index contributed by atoms with van der Waals surface area (Å²) < 4.78 is 37.3. The number of amides is 1. The van der Waals surface area contributed by atoms with Crippen LogP contribution in [0.15, 0.2) is 12.1 Å². The third-order valence-corrected chi connectivity index (χ3v) is 8.69. The van der Waals surface area contributed by atoms with Crippen LogP contribution in [0.3, 0.4) is 0 Å². The van der Waals surface area contributed by atoms with Crippen LogP contribution in [0.1, 0.15) is 75.1 Å². The Bertz CT molecular complexity index is 988. The summed E-state index contributed by atoms with van der Waals surface area (Å²) in [4.78, 5) is 31.4. The number of carbonyl (C=O) groups is 2. The number of hydrogen-bond acceptors (Lipinski definition) is 6. The van der Waals surface area contributed by atoms with Crippen molar-refractivity contribution in [2.24, 2.45) is 23.7 Å². The van der Waals surface area contributed by atoms with Gasteiger partial charge in [-0.3, -0.25) is 9.59 Å². The van der Waals surface area contributed by atoms with Gasteiger partial charge >= 0.3 is 12.6 Å². The summed E-state index contributed by atoms with van der Waals surface area (Å²) >= 11 is 0. The quantitative estimate of drug-likeness (QED) is 0.468. The minimum atomic E-state index is -2.77. The topological polar surface area (TPSA) is 101 Å². The highest BCUT2D eigenvalue weighted by Crippen LogP contribution is 2.57. The van der Waals surface area contributed by atoms with Crippen LogP contribution in [0.25, 0.3) is 0 Å². The van der Waals surface area contributed by atoms with Gasteiger partial charge in [0.1, 0.15) is 11.4 Å². The molecule has 1 aromatic rings. The Hall–Kier alpha value is -2.49. The van der Waals surface area contributed by atoms with Crippen molar-refractivity contribution in [3.05, 3.63) is 17.7 Å². The lowest BCUT2D eigenvalue weighted by Gasteiger charge is -2.59. The molecule has 0 spiro atoms. The summed E-state index contributed by atoms with van der Waals surface area (Å²) in [5.41, 5.74) is -0.388. The van der Waals surface area contributed by atoms with Gasteiger partial charge in [0.25, 0.3) is 5.91 Å². The normalized spacial score (nSPS) is 32.5. The first-order valence-corrected chi connectivity index (χ1v) is 13.6. The SMILES string of the molecule is CCCOc1nc(N2CCC[C@@H](CC(=O)O)C2)ccc1C(=O)NC1[C@H]2CC3C[C@H]1CC(OC(F)F)(C3)C2. The third kappa shape index (κ3) is 5.68. The van der Waals surface area contributed by atoms with E-state index in [1.807, 2.05) is 6.92 Å². The van der Waals surface area contributed by atoms with Gasteiger partial charge in [-0.1, -0.05) is 6.92 Å². The largest absolute Gasteiger partial charge is 0.481 e. The number of rotatable bonds is 10. The second kappa shape index (κ2) is 10.7. The highest BCUT2D eigenvalue weighted by molar-refractivity contribution is 5.97. The summed E-state index contributed by atoms with van der Waals surface area (Å²) in [6, 6.07) is 3.47. The number of hydrogen-bond donors (Lipinski definition) is 2. The monoisotopic (exact) mass is 521 g/mol. The first kappa shape index (κ1) is 26.1. The maximum Gasteiger partial charge on any atom is 0.345 e. The smallest absolute Gasteiger partial charge is 0.345 e. The van der Waals surface area contributed by atoms with E-state index in [1.165, 1.54) is 0 Å². The summed E-state index contributed by atoms with van der Waals surface area (Å²) in [5, 5.41) is 12.4. The van der Waals surface area contributed by atoms with E-state index in [-0.39, 0.29) is 42.0 Å². The highest BCUT2D eigenvalue weighted by Gasteiger charge is 2.57. The van der Waals surface area contributed by atoms with E-state index in [0.29, 0.717) is 49.7 Å². The molecule has 37 heavy (non-hydrogen) atoms. The number of anilines is 1. The van der Waals surface area contributed by atoms with Crippen LogP contribution in [-0.4, -0.2) is 59.9 Å². The predicted molar refractivity (Wildman–Crippen MR) is 132 cm³/mol. The lowest BCUT2D eigenvalue weighted by molar-refractivity contribution is -0.260. The number of nitrogens with zero attached hydrogens (tertiary/aromatic N) is 2. The van der Waals surface area contributed by atoms with Gasteiger partial charge in [-0.15, -0.1) is 0 Å². The molecule has 0 unspecified atom stereocenters. The fraction of sp³-hybridized carbons (Fsp3) is 0.741. The lowest BCUT2D eigenvalue weighted by Crippen LogP contribution is -2.62. The Kier molecular flexibility index (Phi) is 7.56. The minimum absolute atomic E-state index is 0.0605. The Balaban J connectivity index is 1.31. The zero-order valence-electron chi connectivity index (χ0n) is 21.3. The summed E-state index contributed by atoms with van der Waals surface area (Å²) in [6.45, 7) is 1.01. The molecule has 1 aromatic heterocycles. The first-order valence-electron chi connectivity index (χ1n) is 13.6. The number of nitrogens with one attached hydrogen (secondary N) is 1. The number of pyridine rings is 1. The molecule has 8 nitrogen and oxygen atoms in total. The van der Waals surface area contributed by atoms with Crippen LogP contribution in [0.5, 0.6) is 5.88 Å². The summed E-state index contributed by atoms with van der Waals surface area (Å²) in [6.07, 6.45) is 6.30. The number of alkyl halides is 2. The van der Waals surface area contributed by atoms with Gasteiger partial charge in [-0.05, 0) is 87.2 Å². The molecule has 0 radical (unpaired) electrons. The maximum absolute atomic E-state index is 13.5. The Morgan fingerprint density at radius 1 is 1.24 bits per heavy atom. The third-order valence-electron chi connectivity index (χ3n) is 8.69. The van der Waals surface area contributed by atoms with Crippen molar-refractivity contribution in [2.75, 3.05) is 24.6 Å². The summed E-state index contributed by atoms with van der Waals surface area (Å²) in [5.74, 6) is 0.594. The molecule has 1 saturated heterocycles. The average molecular weight is 522 g/mol. The average Bonchev–Trinajstić information content (AvgIpc) is 2.83. The van der Waals surface area contributed by atoms with E-state index >= 15 is 0 Å². The van der Waals surface area contributed by atoms with E-state index in [0.717, 1.165) is 38.6 Å². The van der Waals surface area contributed by atoms with Crippen LogP contribution >= 0.6 is 0 Å². The van der Waals surface area contributed by atoms with Crippen LogP contribution in [0.4, 0.5) is 14.6 Å². The molecule has 3 atom stereocenters. The molecule has 10 heteroatoms. The molecule has 204 valence electrons. The molecule has 1 aliphatic heterocycles. The fourth-order valence-corrected chi connectivity index (χ4v) is 7.52. The van der Waals surface area contributed by atoms with Crippen LogP contribution < -0.4 is 15.0 Å². The number of halogens is 2. The summed E-state index contributed by atoms with van der Waals surface area (Å²) in [7, 11) is 0. The van der Waals surface area contributed by atoms with Crippen molar-refractivity contribution < 1.29 is 33.0 Å². The molecule has 0 aromatic carbocycles. The maximum atomic E-state index is 13.5. The zero-order valence-corrected chi connectivity index (χ0v) is 21.3. The van der Waals surface area contributed by atoms with Crippen molar-refractivity contribution in [2.45, 2.75) is 83.0 Å². The standard InChI is InChI=1S/C27H37F2N3O5/c1-2-8-36-25-20(5-6-21(30-25)32-7-3-4-16(15-32)11-22(33)34)24(35)31-23-18-9-17-10-19(23)14-27(12-17,13-18)37-26(28)29/h5-6,16-19,23,26H,2-4,7-15H2,1H3,(H,31,35)(H,33,34)/t16-,17?,18-,19-,23?,27?/m0/s1. The van der Waals surface area contributed by atoms with Crippen molar-refractivity contribution in [3.63, 3.8) is 0 Å². The number of piperidine rings is 1. The van der Waals surface area contributed by atoms with Crippen molar-refractivity contribution in [3.8, 4) is 5.88 Å². The van der Waals surface area contributed by atoms with E-state index in [9.17, 15) is 23.5 Å². The molecule has 6 rings (SSSR count). The number of aliphatic carboxylic acids is 1.